The summed E-state index contributed by atoms with van der Waals surface area (Å²) < 4.78 is 0. The molecule has 0 saturated carbocycles. The molecule has 0 aliphatic rings. The van der Waals surface area contributed by atoms with Crippen molar-refractivity contribution in [1.82, 2.24) is 0 Å². The van der Waals surface area contributed by atoms with Crippen molar-refractivity contribution < 1.29 is 0 Å². The summed E-state index contributed by atoms with van der Waals surface area (Å²) in [4.78, 5) is 0. The number of nitrogens with zero attached hydrogens (tertiary/aromatic N) is 1. The quantitative estimate of drug-likeness (QED) is 0.637. The Balaban J connectivity index is 3.30. The molecule has 0 bridgehead atoms. The van der Waals surface area contributed by atoms with Crippen molar-refractivity contribution in [3.05, 3.63) is 35.4 Å². The largest absolute Gasteiger partial charge is 0.398 e. The summed E-state index contributed by atoms with van der Waals surface area (Å²) in [6.07, 6.45) is 3.75. The molecule has 0 atom stereocenters. The van der Waals surface area contributed by atoms with Crippen molar-refractivity contribution in [2.45, 2.75) is 6.92 Å². The first-order valence-corrected chi connectivity index (χ1v) is 3.71. The van der Waals surface area contributed by atoms with Gasteiger partial charge in [0, 0.05) is 0 Å². The third-order valence-corrected chi connectivity index (χ3v) is 1.59. The van der Waals surface area contributed by atoms with Gasteiger partial charge in [0.1, 0.15) is 6.07 Å². The molecule has 2 heteroatoms. The van der Waals surface area contributed by atoms with E-state index in [1.54, 1.807) is 6.07 Å². The maximum atomic E-state index is 8.76. The van der Waals surface area contributed by atoms with Crippen LogP contribution in [0.5, 0.6) is 0 Å². The molecule has 1 aromatic rings. The second kappa shape index (κ2) is 3.59. The zero-order chi connectivity index (χ0) is 8.97. The van der Waals surface area contributed by atoms with Crippen LogP contribution in [-0.4, -0.2) is 0 Å². The summed E-state index contributed by atoms with van der Waals surface area (Å²) in [5, 5.41) is 8.76. The maximum absolute atomic E-state index is 8.76. The van der Waals surface area contributed by atoms with Crippen LogP contribution in [0.2, 0.25) is 0 Å². The Morgan fingerprint density at radius 2 is 2.25 bits per heavy atom. The van der Waals surface area contributed by atoms with E-state index in [0.29, 0.717) is 11.3 Å². The second-order valence-corrected chi connectivity index (χ2v) is 2.42. The summed E-state index contributed by atoms with van der Waals surface area (Å²) in [6, 6.07) is 7.51. The zero-order valence-electron chi connectivity index (χ0n) is 6.91. The Kier molecular flexibility index (Phi) is 2.49. The van der Waals surface area contributed by atoms with Gasteiger partial charge in [0.05, 0.1) is 11.3 Å². The zero-order valence-corrected chi connectivity index (χ0v) is 6.91. The topological polar surface area (TPSA) is 49.8 Å². The molecule has 0 aliphatic carbocycles. The van der Waals surface area contributed by atoms with Crippen LogP contribution in [0.1, 0.15) is 18.1 Å². The first kappa shape index (κ1) is 8.35. The number of rotatable bonds is 1. The number of anilines is 1. The molecule has 0 amide bonds. The SMILES string of the molecule is C/C=C\c1cccc(N)c1C#N. The fraction of sp³-hybridized carbons (Fsp3) is 0.100. The van der Waals surface area contributed by atoms with Crippen molar-refractivity contribution >= 4 is 11.8 Å². The molecule has 12 heavy (non-hydrogen) atoms. The number of nitrogens with two attached hydrogens (primary N) is 1. The molecule has 0 radical (unpaired) electrons. The van der Waals surface area contributed by atoms with Crippen molar-refractivity contribution in [1.29, 1.82) is 5.26 Å². The Bertz CT molecular complexity index is 345. The molecule has 2 nitrogen and oxygen atoms in total. The van der Waals surface area contributed by atoms with E-state index >= 15 is 0 Å². The number of hydrogen-bond donors (Lipinski definition) is 1. The third kappa shape index (κ3) is 1.46. The molecule has 0 aliphatic heterocycles. The Hall–Kier alpha value is -1.75. The second-order valence-electron chi connectivity index (χ2n) is 2.42. The van der Waals surface area contributed by atoms with Gasteiger partial charge in [-0.05, 0) is 18.6 Å². The molecule has 60 valence electrons. The Labute approximate surface area is 71.9 Å². The molecule has 0 fully saturated rings. The summed E-state index contributed by atoms with van der Waals surface area (Å²) in [7, 11) is 0. The normalized spacial score (nSPS) is 10.0. The van der Waals surface area contributed by atoms with E-state index in [-0.39, 0.29) is 0 Å². The number of nitrogen functional groups attached to an aromatic ring is 1. The van der Waals surface area contributed by atoms with Gasteiger partial charge >= 0.3 is 0 Å². The van der Waals surface area contributed by atoms with Gasteiger partial charge in [-0.1, -0.05) is 24.3 Å². The monoisotopic (exact) mass is 158 g/mol. The Morgan fingerprint density at radius 1 is 1.50 bits per heavy atom. The maximum Gasteiger partial charge on any atom is 0.102 e. The van der Waals surface area contributed by atoms with E-state index in [4.69, 9.17) is 11.0 Å². The van der Waals surface area contributed by atoms with Gasteiger partial charge < -0.3 is 5.73 Å². The summed E-state index contributed by atoms with van der Waals surface area (Å²) >= 11 is 0. The van der Waals surface area contributed by atoms with Crippen LogP contribution in [0.15, 0.2) is 24.3 Å². The summed E-state index contributed by atoms with van der Waals surface area (Å²) in [5.74, 6) is 0. The van der Waals surface area contributed by atoms with Crippen LogP contribution >= 0.6 is 0 Å². The lowest BCUT2D eigenvalue weighted by Gasteiger charge is -1.99. The number of benzene rings is 1. The van der Waals surface area contributed by atoms with Crippen molar-refractivity contribution in [2.75, 3.05) is 5.73 Å². The van der Waals surface area contributed by atoms with E-state index < -0.39 is 0 Å². The third-order valence-electron chi connectivity index (χ3n) is 1.59. The molecule has 0 saturated heterocycles. The fourth-order valence-electron chi connectivity index (χ4n) is 1.04. The van der Waals surface area contributed by atoms with Crippen LogP contribution in [0.25, 0.3) is 6.08 Å². The highest BCUT2D eigenvalue weighted by atomic mass is 14.6. The summed E-state index contributed by atoms with van der Waals surface area (Å²) in [5.41, 5.74) is 7.57. The van der Waals surface area contributed by atoms with Crippen LogP contribution in [-0.2, 0) is 0 Å². The minimum atomic E-state index is 0.535. The Morgan fingerprint density at radius 3 is 2.83 bits per heavy atom. The van der Waals surface area contributed by atoms with Gasteiger partial charge in [-0.2, -0.15) is 5.26 Å². The smallest absolute Gasteiger partial charge is 0.102 e. The molecule has 1 aromatic carbocycles. The minimum Gasteiger partial charge on any atom is -0.398 e. The van der Waals surface area contributed by atoms with Gasteiger partial charge in [0.15, 0.2) is 0 Å². The van der Waals surface area contributed by atoms with E-state index in [2.05, 4.69) is 6.07 Å². The predicted molar refractivity (Wildman–Crippen MR) is 50.3 cm³/mol. The lowest BCUT2D eigenvalue weighted by Crippen LogP contribution is -1.91. The van der Waals surface area contributed by atoms with Crippen molar-refractivity contribution in [3.8, 4) is 6.07 Å². The molecule has 2 N–H and O–H groups in total. The van der Waals surface area contributed by atoms with Crippen LogP contribution < -0.4 is 5.73 Å². The highest BCUT2D eigenvalue weighted by Gasteiger charge is 2.00. The molecule has 0 spiro atoms. The lowest BCUT2D eigenvalue weighted by molar-refractivity contribution is 1.47. The van der Waals surface area contributed by atoms with E-state index in [1.165, 1.54) is 0 Å². The van der Waals surface area contributed by atoms with Gasteiger partial charge in [-0.25, -0.2) is 0 Å². The van der Waals surface area contributed by atoms with E-state index in [9.17, 15) is 0 Å². The minimum absolute atomic E-state index is 0.535. The highest BCUT2D eigenvalue weighted by Crippen LogP contribution is 2.16. The number of nitriles is 1. The van der Waals surface area contributed by atoms with E-state index in [0.717, 1.165) is 5.56 Å². The number of allylic oxidation sites excluding steroid dienone is 1. The molecule has 0 aromatic heterocycles. The van der Waals surface area contributed by atoms with Gasteiger partial charge in [0.2, 0.25) is 0 Å². The van der Waals surface area contributed by atoms with Crippen molar-refractivity contribution in [3.63, 3.8) is 0 Å². The molecule has 1 rings (SSSR count). The lowest BCUT2D eigenvalue weighted by atomic mass is 10.1. The molecular formula is C10H10N2. The first-order valence-electron chi connectivity index (χ1n) is 3.71. The molecule has 0 heterocycles. The standard InChI is InChI=1S/C10H10N2/c1-2-4-8-5-3-6-10(12)9(8)7-11/h2-6H,12H2,1H3/b4-2-. The van der Waals surface area contributed by atoms with Gasteiger partial charge in [-0.3, -0.25) is 0 Å². The predicted octanol–water partition coefficient (Wildman–Crippen LogP) is 2.17. The highest BCUT2D eigenvalue weighted by molar-refractivity contribution is 5.67. The first-order chi connectivity index (χ1) is 5.79. The van der Waals surface area contributed by atoms with Crippen LogP contribution in [0.4, 0.5) is 5.69 Å². The fourth-order valence-corrected chi connectivity index (χ4v) is 1.04. The van der Waals surface area contributed by atoms with Crippen LogP contribution in [0.3, 0.4) is 0 Å². The van der Waals surface area contributed by atoms with Gasteiger partial charge in [-0.15, -0.1) is 0 Å². The van der Waals surface area contributed by atoms with Gasteiger partial charge in [0.25, 0.3) is 0 Å². The molecule has 0 unspecified atom stereocenters. The average Bonchev–Trinajstić information content (AvgIpc) is 2.05. The average molecular weight is 158 g/mol. The molecular weight excluding hydrogens is 148 g/mol. The number of hydrogen-bond acceptors (Lipinski definition) is 2. The van der Waals surface area contributed by atoms with Crippen LogP contribution in [0, 0.1) is 11.3 Å². The van der Waals surface area contributed by atoms with Crippen molar-refractivity contribution in [2.24, 2.45) is 0 Å². The van der Waals surface area contributed by atoms with E-state index in [1.807, 2.05) is 31.2 Å². The summed E-state index contributed by atoms with van der Waals surface area (Å²) in [6.45, 7) is 1.91.